The van der Waals surface area contributed by atoms with Gasteiger partial charge in [0.15, 0.2) is 6.20 Å². The molecule has 0 unspecified atom stereocenters. The normalized spacial score (nSPS) is 16.8. The molecule has 1 heterocycles. The van der Waals surface area contributed by atoms with Crippen LogP contribution in [0.1, 0.15) is 40.2 Å². The number of fused-ring (bicyclic) bond motifs is 3. The molecule has 1 heteroatoms. The molecule has 24 heavy (non-hydrogen) atoms. The molecule has 120 valence electrons. The summed E-state index contributed by atoms with van der Waals surface area (Å²) in [7, 11) is 1.93. The van der Waals surface area contributed by atoms with Crippen molar-refractivity contribution < 1.29 is 8.68 Å². The summed E-state index contributed by atoms with van der Waals surface area (Å²) in [5.74, 6) is 0. The van der Waals surface area contributed by atoms with Crippen molar-refractivity contribution in [3.05, 3.63) is 77.0 Å². The molecule has 0 atom stereocenters. The zero-order valence-electron chi connectivity index (χ0n) is 17.6. The highest BCUT2D eigenvalue weighted by Crippen LogP contribution is 2.52. The molecule has 1 aliphatic rings. The van der Waals surface area contributed by atoms with E-state index >= 15 is 0 Å². The van der Waals surface area contributed by atoms with Crippen LogP contribution in [-0.2, 0) is 12.5 Å². The lowest BCUT2D eigenvalue weighted by Gasteiger charge is -2.24. The second-order valence-corrected chi connectivity index (χ2v) is 7.26. The van der Waals surface area contributed by atoms with Crippen LogP contribution in [0.2, 0.25) is 0 Å². The second-order valence-electron chi connectivity index (χ2n) is 7.26. The number of benzene rings is 2. The first-order valence-corrected chi connectivity index (χ1v) is 8.37. The predicted molar refractivity (Wildman–Crippen MR) is 100 cm³/mol. The van der Waals surface area contributed by atoms with Crippen molar-refractivity contribution in [2.45, 2.75) is 33.0 Å². The van der Waals surface area contributed by atoms with Gasteiger partial charge in [-0.05, 0) is 47.7 Å². The predicted octanol–water partition coefficient (Wildman–Crippen LogP) is 5.10. The maximum Gasteiger partial charge on any atom is 0.212 e. The van der Waals surface area contributed by atoms with Crippen LogP contribution in [0.15, 0.2) is 54.7 Å². The third-order valence-electron chi connectivity index (χ3n) is 5.32. The van der Waals surface area contributed by atoms with Crippen molar-refractivity contribution in [1.82, 2.24) is 0 Å². The van der Waals surface area contributed by atoms with E-state index in [0.29, 0.717) is 5.56 Å². The molecule has 0 saturated heterocycles. The summed E-state index contributed by atoms with van der Waals surface area (Å²) in [4.78, 5) is 0. The van der Waals surface area contributed by atoms with Gasteiger partial charge in [0.2, 0.25) is 5.69 Å². The fourth-order valence-electron chi connectivity index (χ4n) is 4.18. The fourth-order valence-corrected chi connectivity index (χ4v) is 4.18. The summed E-state index contributed by atoms with van der Waals surface area (Å²) in [6.07, 6.45) is 1.73. The molecule has 0 amide bonds. The molecular weight excluding hydrogens is 290 g/mol. The lowest BCUT2D eigenvalue weighted by Crippen LogP contribution is -2.32. The highest BCUT2D eigenvalue weighted by atomic mass is 14.9. The minimum absolute atomic E-state index is 0.108. The average Bonchev–Trinajstić information content (AvgIpc) is 2.83. The highest BCUT2D eigenvalue weighted by Gasteiger charge is 2.39. The van der Waals surface area contributed by atoms with Gasteiger partial charge in [0, 0.05) is 21.2 Å². The maximum absolute atomic E-state index is 7.68. The summed E-state index contributed by atoms with van der Waals surface area (Å²) in [6, 6.07) is 16.7. The highest BCUT2D eigenvalue weighted by molar-refractivity contribution is 5.88. The summed E-state index contributed by atoms with van der Waals surface area (Å²) in [6.45, 7) is 4.58. The van der Waals surface area contributed by atoms with E-state index in [1.807, 2.05) is 17.7 Å². The molecule has 3 aromatic rings. The number of nitrogens with zero attached hydrogens (tertiary/aromatic N) is 1. The van der Waals surface area contributed by atoms with Crippen LogP contribution >= 0.6 is 0 Å². The number of aryl methyl sites for hydroxylation is 3. The molecule has 0 aliphatic heterocycles. The first-order chi connectivity index (χ1) is 12.6. The zero-order chi connectivity index (χ0) is 19.6. The second kappa shape index (κ2) is 5.04. The molecule has 0 fully saturated rings. The van der Waals surface area contributed by atoms with Crippen molar-refractivity contribution in [2.24, 2.45) is 7.05 Å². The third kappa shape index (κ3) is 1.97. The summed E-state index contributed by atoms with van der Waals surface area (Å²) < 4.78 is 25.0. The number of rotatable bonds is 1. The summed E-state index contributed by atoms with van der Waals surface area (Å²) >= 11 is 0. The van der Waals surface area contributed by atoms with Crippen LogP contribution in [0.5, 0.6) is 0 Å². The lowest BCUT2D eigenvalue weighted by molar-refractivity contribution is -0.660. The topological polar surface area (TPSA) is 3.88 Å². The van der Waals surface area contributed by atoms with Crippen LogP contribution < -0.4 is 4.57 Å². The van der Waals surface area contributed by atoms with Gasteiger partial charge < -0.3 is 0 Å². The Bertz CT molecular complexity index is 1060. The van der Waals surface area contributed by atoms with Gasteiger partial charge in [0.05, 0.1) is 5.56 Å². The van der Waals surface area contributed by atoms with Crippen molar-refractivity contribution in [3.63, 3.8) is 0 Å². The summed E-state index contributed by atoms with van der Waals surface area (Å²) in [5.41, 5.74) is 8.93. The molecule has 0 N–H and O–H groups in total. The van der Waals surface area contributed by atoms with Gasteiger partial charge in [0.25, 0.3) is 0 Å². The first kappa shape index (κ1) is 12.0. The first-order valence-electron chi connectivity index (χ1n) is 9.87. The van der Waals surface area contributed by atoms with Gasteiger partial charge in [-0.1, -0.05) is 50.2 Å². The van der Waals surface area contributed by atoms with E-state index in [0.717, 1.165) is 5.69 Å². The Morgan fingerprint density at radius 2 is 1.75 bits per heavy atom. The van der Waals surface area contributed by atoms with Crippen molar-refractivity contribution >= 4 is 0 Å². The third-order valence-corrected chi connectivity index (χ3v) is 5.32. The van der Waals surface area contributed by atoms with Crippen molar-refractivity contribution in [1.29, 1.82) is 0 Å². The quantitative estimate of drug-likeness (QED) is 0.550. The molecule has 0 saturated carbocycles. The molecular formula is C23H24N+. The summed E-state index contributed by atoms with van der Waals surface area (Å²) in [5, 5.41) is 0. The van der Waals surface area contributed by atoms with E-state index in [9.17, 15) is 0 Å². The number of hydrogen-bond donors (Lipinski definition) is 0. The minimum Gasteiger partial charge on any atom is -0.201 e. The smallest absolute Gasteiger partial charge is 0.201 e. The van der Waals surface area contributed by atoms with E-state index in [-0.39, 0.29) is 5.41 Å². The molecule has 1 aromatic heterocycles. The number of aromatic nitrogens is 1. The van der Waals surface area contributed by atoms with Gasteiger partial charge in [-0.2, -0.15) is 0 Å². The van der Waals surface area contributed by atoms with Gasteiger partial charge in [-0.15, -0.1) is 0 Å². The van der Waals surface area contributed by atoms with Gasteiger partial charge >= 0.3 is 0 Å². The van der Waals surface area contributed by atoms with Gasteiger partial charge in [-0.3, -0.25) is 0 Å². The molecule has 1 aliphatic carbocycles. The number of pyridine rings is 1. The van der Waals surface area contributed by atoms with Gasteiger partial charge in [-0.25, -0.2) is 4.57 Å². The van der Waals surface area contributed by atoms with E-state index in [4.69, 9.17) is 4.11 Å². The van der Waals surface area contributed by atoms with Crippen LogP contribution in [0.3, 0.4) is 0 Å². The fraction of sp³-hybridized carbons (Fsp3) is 0.261. The van der Waals surface area contributed by atoms with E-state index in [2.05, 4.69) is 57.2 Å². The van der Waals surface area contributed by atoms with Crippen LogP contribution in [-0.4, -0.2) is 0 Å². The zero-order valence-corrected chi connectivity index (χ0v) is 14.6. The molecule has 0 radical (unpaired) electrons. The lowest BCUT2D eigenvalue weighted by atomic mass is 9.78. The van der Waals surface area contributed by atoms with E-state index in [1.165, 1.54) is 33.4 Å². The van der Waals surface area contributed by atoms with Crippen LogP contribution in [0, 0.1) is 13.8 Å². The Hall–Kier alpha value is -2.41. The van der Waals surface area contributed by atoms with Gasteiger partial charge in [0.1, 0.15) is 7.05 Å². The average molecular weight is 317 g/mol. The Kier molecular flexibility index (Phi) is 2.53. The largest absolute Gasteiger partial charge is 0.212 e. The minimum atomic E-state index is -2.10. The molecule has 2 aromatic carbocycles. The van der Waals surface area contributed by atoms with E-state index < -0.39 is 6.85 Å². The van der Waals surface area contributed by atoms with E-state index in [1.54, 1.807) is 12.3 Å². The van der Waals surface area contributed by atoms with Crippen LogP contribution in [0.25, 0.3) is 22.4 Å². The van der Waals surface area contributed by atoms with Crippen molar-refractivity contribution in [2.75, 3.05) is 0 Å². The maximum atomic E-state index is 7.68. The Morgan fingerprint density at radius 1 is 0.958 bits per heavy atom. The monoisotopic (exact) mass is 317 g/mol. The standard InChI is InChI=1S/C23H24N/c1-15-10-13-20(24(5)14-15)21-16(2)11-12-18-17-8-6-7-9-19(17)23(3,4)22(18)21/h6-14H,1-5H3/q+1/i1D3. The van der Waals surface area contributed by atoms with Crippen LogP contribution in [0.4, 0.5) is 0 Å². The number of hydrogen-bond acceptors (Lipinski definition) is 0. The SMILES string of the molecule is [2H]C([2H])([2H])c1ccc(-c2c(C)ccc3c2C(C)(C)c2ccccc2-3)[n+](C)c1. The molecule has 1 nitrogen and oxygen atoms in total. The molecule has 4 rings (SSSR count). The Balaban J connectivity index is 2.01. The molecule has 0 bridgehead atoms. The molecule has 0 spiro atoms. The van der Waals surface area contributed by atoms with Crippen molar-refractivity contribution in [3.8, 4) is 22.4 Å². The Labute approximate surface area is 148 Å². The Morgan fingerprint density at radius 3 is 2.50 bits per heavy atom.